The smallest absolute Gasteiger partial charge is 0.322 e. The molecule has 6 nitrogen and oxygen atoms in total. The van der Waals surface area contributed by atoms with Crippen molar-refractivity contribution in [1.29, 1.82) is 0 Å². The van der Waals surface area contributed by atoms with Gasteiger partial charge in [0.1, 0.15) is 11.4 Å². The van der Waals surface area contributed by atoms with Crippen LogP contribution in [0.15, 0.2) is 21.3 Å². The fourth-order valence-electron chi connectivity index (χ4n) is 3.04. The molecule has 3 rings (SSSR count). The van der Waals surface area contributed by atoms with E-state index in [1.807, 2.05) is 18.7 Å². The molecule has 0 unspecified atom stereocenters. The summed E-state index contributed by atoms with van der Waals surface area (Å²) in [7, 11) is 0. The zero-order valence-electron chi connectivity index (χ0n) is 14.4. The van der Waals surface area contributed by atoms with Crippen LogP contribution in [0.2, 0.25) is 0 Å². The number of anilines is 1. The Morgan fingerprint density at radius 2 is 2.17 bits per heavy atom. The fourth-order valence-corrected chi connectivity index (χ4v) is 3.79. The number of aryl methyl sites for hydroxylation is 2. The molecule has 1 aliphatic heterocycles. The van der Waals surface area contributed by atoms with Crippen LogP contribution in [0.1, 0.15) is 36.9 Å². The SMILES string of the molecule is CCc1noc(C)c1NC(=O)N1CCN([C@H](C)c2ccsc2)CC1. The Hall–Kier alpha value is -1.86. The van der Waals surface area contributed by atoms with Crippen LogP contribution < -0.4 is 5.32 Å². The molecule has 130 valence electrons. The van der Waals surface area contributed by atoms with Gasteiger partial charge in [0.25, 0.3) is 0 Å². The number of hydrogen-bond donors (Lipinski definition) is 1. The molecule has 0 spiro atoms. The Morgan fingerprint density at radius 3 is 2.79 bits per heavy atom. The lowest BCUT2D eigenvalue weighted by Crippen LogP contribution is -2.50. The van der Waals surface area contributed by atoms with Crippen molar-refractivity contribution in [2.75, 3.05) is 31.5 Å². The molecule has 24 heavy (non-hydrogen) atoms. The minimum absolute atomic E-state index is 0.0705. The normalized spacial score (nSPS) is 17.0. The number of urea groups is 1. The molecule has 2 aromatic heterocycles. The van der Waals surface area contributed by atoms with Gasteiger partial charge in [-0.15, -0.1) is 0 Å². The van der Waals surface area contributed by atoms with Crippen molar-refractivity contribution in [3.8, 4) is 0 Å². The average Bonchev–Trinajstić information content (AvgIpc) is 3.25. The highest BCUT2D eigenvalue weighted by atomic mass is 32.1. The van der Waals surface area contributed by atoms with Crippen LogP contribution in [-0.2, 0) is 6.42 Å². The van der Waals surface area contributed by atoms with Crippen molar-refractivity contribution >= 4 is 23.1 Å². The van der Waals surface area contributed by atoms with Gasteiger partial charge in [-0.2, -0.15) is 11.3 Å². The van der Waals surface area contributed by atoms with Gasteiger partial charge in [-0.25, -0.2) is 4.79 Å². The van der Waals surface area contributed by atoms with E-state index < -0.39 is 0 Å². The molecular weight excluding hydrogens is 324 g/mol. The van der Waals surface area contributed by atoms with E-state index in [9.17, 15) is 4.79 Å². The molecule has 1 atom stereocenters. The number of nitrogens with zero attached hydrogens (tertiary/aromatic N) is 3. The van der Waals surface area contributed by atoms with Crippen LogP contribution in [0.25, 0.3) is 0 Å². The Labute approximate surface area is 146 Å². The first kappa shape index (κ1) is 17.0. The highest BCUT2D eigenvalue weighted by Crippen LogP contribution is 2.24. The number of amides is 2. The van der Waals surface area contributed by atoms with Gasteiger partial charge in [0.2, 0.25) is 0 Å². The van der Waals surface area contributed by atoms with E-state index in [2.05, 4.69) is 39.1 Å². The van der Waals surface area contributed by atoms with E-state index in [-0.39, 0.29) is 6.03 Å². The second-order valence-corrected chi connectivity index (χ2v) is 6.88. The average molecular weight is 348 g/mol. The first-order valence-corrected chi connectivity index (χ1v) is 9.31. The summed E-state index contributed by atoms with van der Waals surface area (Å²) < 4.78 is 5.17. The van der Waals surface area contributed by atoms with Gasteiger partial charge in [-0.1, -0.05) is 12.1 Å². The topological polar surface area (TPSA) is 61.6 Å². The maximum Gasteiger partial charge on any atom is 0.322 e. The molecule has 3 heterocycles. The predicted molar refractivity (Wildman–Crippen MR) is 95.5 cm³/mol. The lowest BCUT2D eigenvalue weighted by atomic mass is 10.1. The quantitative estimate of drug-likeness (QED) is 0.918. The molecule has 0 saturated carbocycles. The van der Waals surface area contributed by atoms with E-state index >= 15 is 0 Å². The monoisotopic (exact) mass is 348 g/mol. The molecule has 2 amide bonds. The Bertz CT molecular complexity index is 675. The minimum atomic E-state index is -0.0705. The first-order chi connectivity index (χ1) is 11.6. The van der Waals surface area contributed by atoms with Gasteiger partial charge in [0, 0.05) is 32.2 Å². The van der Waals surface area contributed by atoms with Crippen LogP contribution in [0.3, 0.4) is 0 Å². The number of piperazine rings is 1. The van der Waals surface area contributed by atoms with Crippen molar-refractivity contribution in [1.82, 2.24) is 15.0 Å². The zero-order valence-corrected chi connectivity index (χ0v) is 15.2. The van der Waals surface area contributed by atoms with Gasteiger partial charge in [-0.3, -0.25) is 4.90 Å². The zero-order chi connectivity index (χ0) is 17.1. The molecule has 1 saturated heterocycles. The largest absolute Gasteiger partial charge is 0.359 e. The van der Waals surface area contributed by atoms with Gasteiger partial charge in [0.15, 0.2) is 5.76 Å². The maximum absolute atomic E-state index is 12.5. The molecular formula is C17H24N4O2S. The number of nitrogens with one attached hydrogen (secondary N) is 1. The Balaban J connectivity index is 1.56. The van der Waals surface area contributed by atoms with E-state index in [0.717, 1.165) is 44.0 Å². The number of rotatable bonds is 4. The first-order valence-electron chi connectivity index (χ1n) is 8.37. The van der Waals surface area contributed by atoms with E-state index in [4.69, 9.17) is 4.52 Å². The summed E-state index contributed by atoms with van der Waals surface area (Å²) in [5.41, 5.74) is 2.87. The standard InChI is InChI=1S/C17H24N4O2S/c1-4-15-16(13(3)23-19-15)18-17(22)21-8-6-20(7-9-21)12(2)14-5-10-24-11-14/h5,10-12H,4,6-9H2,1-3H3,(H,18,22)/t12-/m1/s1. The highest BCUT2D eigenvalue weighted by Gasteiger charge is 2.26. The molecule has 0 aromatic carbocycles. The van der Waals surface area contributed by atoms with Crippen LogP contribution in [0.4, 0.5) is 10.5 Å². The lowest BCUT2D eigenvalue weighted by Gasteiger charge is -2.37. The van der Waals surface area contributed by atoms with Crippen LogP contribution in [0.5, 0.6) is 0 Å². The van der Waals surface area contributed by atoms with Crippen molar-refractivity contribution in [2.45, 2.75) is 33.2 Å². The minimum Gasteiger partial charge on any atom is -0.359 e. The summed E-state index contributed by atoms with van der Waals surface area (Å²) in [6.45, 7) is 9.27. The summed E-state index contributed by atoms with van der Waals surface area (Å²) in [6, 6.07) is 2.50. The number of aromatic nitrogens is 1. The van der Waals surface area contributed by atoms with E-state index in [1.165, 1.54) is 5.56 Å². The summed E-state index contributed by atoms with van der Waals surface area (Å²) in [5.74, 6) is 0.657. The molecule has 7 heteroatoms. The third-order valence-corrected chi connectivity index (χ3v) is 5.38. The Kier molecular flexibility index (Phi) is 5.20. The molecule has 0 radical (unpaired) electrons. The molecule has 2 aromatic rings. The lowest BCUT2D eigenvalue weighted by molar-refractivity contribution is 0.119. The van der Waals surface area contributed by atoms with Crippen LogP contribution in [-0.4, -0.2) is 47.2 Å². The van der Waals surface area contributed by atoms with Gasteiger partial charge < -0.3 is 14.7 Å². The second-order valence-electron chi connectivity index (χ2n) is 6.10. The molecule has 0 bridgehead atoms. The van der Waals surface area contributed by atoms with Crippen molar-refractivity contribution < 1.29 is 9.32 Å². The Morgan fingerprint density at radius 1 is 1.42 bits per heavy atom. The molecule has 1 fully saturated rings. The molecule has 0 aliphatic carbocycles. The number of hydrogen-bond acceptors (Lipinski definition) is 5. The van der Waals surface area contributed by atoms with Gasteiger partial charge in [-0.05, 0) is 42.7 Å². The second kappa shape index (κ2) is 7.36. The number of carbonyl (C=O) groups excluding carboxylic acids is 1. The van der Waals surface area contributed by atoms with Gasteiger partial charge in [0.05, 0.1) is 0 Å². The summed E-state index contributed by atoms with van der Waals surface area (Å²) in [5, 5.41) is 11.3. The van der Waals surface area contributed by atoms with E-state index in [1.54, 1.807) is 11.3 Å². The predicted octanol–water partition coefficient (Wildman–Crippen LogP) is 3.52. The third-order valence-electron chi connectivity index (χ3n) is 4.68. The number of thiophene rings is 1. The number of carbonyl (C=O) groups is 1. The third kappa shape index (κ3) is 3.47. The van der Waals surface area contributed by atoms with Crippen LogP contribution in [0, 0.1) is 6.92 Å². The van der Waals surface area contributed by atoms with Crippen molar-refractivity contribution in [3.05, 3.63) is 33.8 Å². The molecule has 1 aliphatic rings. The summed E-state index contributed by atoms with van der Waals surface area (Å²) in [4.78, 5) is 16.8. The van der Waals surface area contributed by atoms with E-state index in [0.29, 0.717) is 11.8 Å². The molecule has 1 N–H and O–H groups in total. The van der Waals surface area contributed by atoms with Crippen molar-refractivity contribution in [3.63, 3.8) is 0 Å². The summed E-state index contributed by atoms with van der Waals surface area (Å²) >= 11 is 1.73. The van der Waals surface area contributed by atoms with Crippen molar-refractivity contribution in [2.24, 2.45) is 0 Å². The summed E-state index contributed by atoms with van der Waals surface area (Å²) in [6.07, 6.45) is 0.735. The highest BCUT2D eigenvalue weighted by molar-refractivity contribution is 7.07. The maximum atomic E-state index is 12.5. The van der Waals surface area contributed by atoms with Gasteiger partial charge >= 0.3 is 6.03 Å². The fraction of sp³-hybridized carbons (Fsp3) is 0.529. The van der Waals surface area contributed by atoms with Crippen LogP contribution >= 0.6 is 11.3 Å².